The number of carboxylic acids is 1. The summed E-state index contributed by atoms with van der Waals surface area (Å²) >= 11 is 1.34. The van der Waals surface area contributed by atoms with Gasteiger partial charge in [0.25, 0.3) is 0 Å². The summed E-state index contributed by atoms with van der Waals surface area (Å²) in [5.41, 5.74) is 0.907. The molecular weight excluding hydrogens is 266 g/mol. The Morgan fingerprint density at radius 2 is 2.21 bits per heavy atom. The van der Waals surface area contributed by atoms with Gasteiger partial charge in [-0.15, -0.1) is 0 Å². The van der Waals surface area contributed by atoms with Crippen LogP contribution in [0, 0.1) is 0 Å². The predicted octanol–water partition coefficient (Wildman–Crippen LogP) is 2.12. The van der Waals surface area contributed by atoms with Crippen molar-refractivity contribution >= 4 is 17.7 Å². The first-order chi connectivity index (χ1) is 9.19. The number of benzene rings is 1. The van der Waals surface area contributed by atoms with Gasteiger partial charge in [0.1, 0.15) is 12.1 Å². The second kappa shape index (κ2) is 6.24. The summed E-state index contributed by atoms with van der Waals surface area (Å²) in [6.45, 7) is 0. The van der Waals surface area contributed by atoms with Gasteiger partial charge in [-0.25, -0.2) is 4.98 Å². The fraction of sp³-hybridized carbons (Fsp3) is 0.250. The number of nitrogens with one attached hydrogen (secondary N) is 1. The largest absolute Gasteiger partial charge is 0.497 e. The van der Waals surface area contributed by atoms with Gasteiger partial charge in [-0.1, -0.05) is 23.9 Å². The molecule has 19 heavy (non-hydrogen) atoms. The van der Waals surface area contributed by atoms with Crippen LogP contribution >= 0.6 is 11.8 Å². The number of ether oxygens (including phenoxy) is 1. The van der Waals surface area contributed by atoms with Crippen LogP contribution in [0.25, 0.3) is 0 Å². The Kier molecular flexibility index (Phi) is 4.40. The van der Waals surface area contributed by atoms with E-state index in [-0.39, 0.29) is 11.7 Å². The van der Waals surface area contributed by atoms with Crippen LogP contribution in [0.1, 0.15) is 17.2 Å². The van der Waals surface area contributed by atoms with E-state index < -0.39 is 5.97 Å². The van der Waals surface area contributed by atoms with Gasteiger partial charge in [-0.05, 0) is 17.7 Å². The standard InChI is InChI=1S/C12H13N3O3S/c1-18-9-4-2-8(3-5-9)10(6-11(16)17)19-12-13-7-14-15-12/h2-5,7,10H,6H2,1H3,(H,16,17)(H,13,14,15)/t10-/m1/s1. The van der Waals surface area contributed by atoms with Gasteiger partial charge in [-0.2, -0.15) is 5.10 Å². The van der Waals surface area contributed by atoms with Gasteiger partial charge in [0.05, 0.1) is 13.5 Å². The SMILES string of the molecule is COc1ccc([C@@H](CC(=O)O)Sc2ncn[nH]2)cc1. The van der Waals surface area contributed by atoms with Gasteiger partial charge in [0, 0.05) is 5.25 Å². The van der Waals surface area contributed by atoms with Crippen LogP contribution in [0.3, 0.4) is 0 Å². The quantitative estimate of drug-likeness (QED) is 0.787. The minimum atomic E-state index is -0.854. The number of thioether (sulfide) groups is 1. The summed E-state index contributed by atoms with van der Waals surface area (Å²) in [7, 11) is 1.59. The molecule has 0 saturated carbocycles. The Balaban J connectivity index is 2.17. The Hall–Kier alpha value is -2.02. The molecule has 6 nitrogen and oxygen atoms in total. The molecule has 1 aromatic carbocycles. The Morgan fingerprint density at radius 1 is 1.47 bits per heavy atom. The normalized spacial score (nSPS) is 12.1. The van der Waals surface area contributed by atoms with Gasteiger partial charge in [0.15, 0.2) is 5.16 Å². The van der Waals surface area contributed by atoms with Crippen molar-refractivity contribution in [2.75, 3.05) is 7.11 Å². The van der Waals surface area contributed by atoms with Crippen molar-refractivity contribution in [3.05, 3.63) is 36.2 Å². The number of aromatic amines is 1. The highest BCUT2D eigenvalue weighted by Crippen LogP contribution is 2.36. The van der Waals surface area contributed by atoms with E-state index in [0.29, 0.717) is 5.16 Å². The Labute approximate surface area is 114 Å². The number of hydrogen-bond acceptors (Lipinski definition) is 5. The average molecular weight is 279 g/mol. The molecule has 0 saturated heterocycles. The van der Waals surface area contributed by atoms with Crippen molar-refractivity contribution in [2.45, 2.75) is 16.8 Å². The molecule has 2 rings (SSSR count). The van der Waals surface area contributed by atoms with Gasteiger partial charge < -0.3 is 9.84 Å². The number of hydrogen-bond donors (Lipinski definition) is 2. The topological polar surface area (TPSA) is 88.1 Å². The number of nitrogens with zero attached hydrogens (tertiary/aromatic N) is 2. The minimum Gasteiger partial charge on any atom is -0.497 e. The number of H-pyrrole nitrogens is 1. The summed E-state index contributed by atoms with van der Waals surface area (Å²) in [6, 6.07) is 7.34. The molecule has 0 unspecified atom stereocenters. The Morgan fingerprint density at radius 3 is 2.74 bits per heavy atom. The lowest BCUT2D eigenvalue weighted by atomic mass is 10.1. The molecule has 100 valence electrons. The highest BCUT2D eigenvalue weighted by Gasteiger charge is 2.18. The maximum absolute atomic E-state index is 11.0. The molecule has 0 aliphatic rings. The highest BCUT2D eigenvalue weighted by molar-refractivity contribution is 7.99. The fourth-order valence-electron chi connectivity index (χ4n) is 1.59. The molecule has 0 aliphatic carbocycles. The number of rotatable bonds is 6. The van der Waals surface area contributed by atoms with E-state index in [1.165, 1.54) is 18.1 Å². The van der Waals surface area contributed by atoms with E-state index in [4.69, 9.17) is 9.84 Å². The molecule has 1 aromatic heterocycles. The van der Waals surface area contributed by atoms with Crippen LogP contribution < -0.4 is 4.74 Å². The second-order valence-corrected chi connectivity index (χ2v) is 4.96. The third-order valence-electron chi connectivity index (χ3n) is 2.49. The van der Waals surface area contributed by atoms with Crippen LogP contribution in [0.2, 0.25) is 0 Å². The summed E-state index contributed by atoms with van der Waals surface area (Å²) in [5.74, 6) is -0.115. The number of methoxy groups -OCH3 is 1. The summed E-state index contributed by atoms with van der Waals surface area (Å²) in [6.07, 6.45) is 1.41. The van der Waals surface area contributed by atoms with Crippen LogP contribution in [0.5, 0.6) is 5.75 Å². The van der Waals surface area contributed by atoms with Crippen molar-refractivity contribution in [3.8, 4) is 5.75 Å². The van der Waals surface area contributed by atoms with Gasteiger partial charge in [-0.3, -0.25) is 9.89 Å². The van der Waals surface area contributed by atoms with Crippen molar-refractivity contribution in [1.29, 1.82) is 0 Å². The number of carboxylic acid groups (broad SMARTS) is 1. The summed E-state index contributed by atoms with van der Waals surface area (Å²) < 4.78 is 5.08. The predicted molar refractivity (Wildman–Crippen MR) is 70.2 cm³/mol. The smallest absolute Gasteiger partial charge is 0.304 e. The molecular formula is C12H13N3O3S. The van der Waals surface area contributed by atoms with Crippen molar-refractivity contribution in [3.63, 3.8) is 0 Å². The van der Waals surface area contributed by atoms with E-state index >= 15 is 0 Å². The highest BCUT2D eigenvalue weighted by atomic mass is 32.2. The van der Waals surface area contributed by atoms with E-state index in [0.717, 1.165) is 11.3 Å². The maximum atomic E-state index is 11.0. The minimum absolute atomic E-state index is 0.0116. The first-order valence-electron chi connectivity index (χ1n) is 5.57. The van der Waals surface area contributed by atoms with E-state index in [1.807, 2.05) is 24.3 Å². The summed E-state index contributed by atoms with van der Waals surface area (Å²) in [5, 5.41) is 15.8. The average Bonchev–Trinajstić information content (AvgIpc) is 2.90. The molecule has 7 heteroatoms. The third kappa shape index (κ3) is 3.72. The van der Waals surface area contributed by atoms with Crippen LogP contribution in [0.15, 0.2) is 35.7 Å². The molecule has 1 heterocycles. The fourth-order valence-corrected chi connectivity index (χ4v) is 2.59. The van der Waals surface area contributed by atoms with Gasteiger partial charge in [0.2, 0.25) is 0 Å². The molecule has 0 radical (unpaired) electrons. The zero-order valence-corrected chi connectivity index (χ0v) is 11.1. The molecule has 0 bridgehead atoms. The monoisotopic (exact) mass is 279 g/mol. The van der Waals surface area contributed by atoms with Crippen molar-refractivity contribution < 1.29 is 14.6 Å². The van der Waals surface area contributed by atoms with Crippen LogP contribution in [0.4, 0.5) is 0 Å². The van der Waals surface area contributed by atoms with E-state index in [9.17, 15) is 4.79 Å². The molecule has 2 N–H and O–H groups in total. The number of aliphatic carboxylic acids is 1. The van der Waals surface area contributed by atoms with E-state index in [1.54, 1.807) is 7.11 Å². The number of carbonyl (C=O) groups is 1. The van der Waals surface area contributed by atoms with Gasteiger partial charge >= 0.3 is 5.97 Å². The third-order valence-corrected chi connectivity index (χ3v) is 3.64. The molecule has 0 fully saturated rings. The van der Waals surface area contributed by atoms with Crippen molar-refractivity contribution in [1.82, 2.24) is 15.2 Å². The molecule has 0 spiro atoms. The summed E-state index contributed by atoms with van der Waals surface area (Å²) in [4.78, 5) is 15.0. The molecule has 1 atom stereocenters. The van der Waals surface area contributed by atoms with Crippen LogP contribution in [-0.2, 0) is 4.79 Å². The van der Waals surface area contributed by atoms with Crippen molar-refractivity contribution in [2.24, 2.45) is 0 Å². The Bertz CT molecular complexity index is 528. The second-order valence-electron chi connectivity index (χ2n) is 3.77. The molecule has 2 aromatic rings. The lowest BCUT2D eigenvalue weighted by Gasteiger charge is -2.13. The van der Waals surface area contributed by atoms with Crippen LogP contribution in [-0.4, -0.2) is 33.4 Å². The molecule has 0 amide bonds. The van der Waals surface area contributed by atoms with E-state index in [2.05, 4.69) is 15.2 Å². The zero-order valence-electron chi connectivity index (χ0n) is 10.2. The zero-order chi connectivity index (χ0) is 13.7. The number of aromatic nitrogens is 3. The lowest BCUT2D eigenvalue weighted by Crippen LogP contribution is -2.03. The first-order valence-corrected chi connectivity index (χ1v) is 6.45. The maximum Gasteiger partial charge on any atom is 0.304 e. The lowest BCUT2D eigenvalue weighted by molar-refractivity contribution is -0.137. The first kappa shape index (κ1) is 13.4. The molecule has 0 aliphatic heterocycles.